The summed E-state index contributed by atoms with van der Waals surface area (Å²) in [6, 6.07) is 0. The van der Waals surface area contributed by atoms with Crippen molar-refractivity contribution in [2.24, 2.45) is 0 Å². The van der Waals surface area contributed by atoms with Crippen LogP contribution < -0.4 is 0 Å². The van der Waals surface area contributed by atoms with Gasteiger partial charge in [0.25, 0.3) is 0 Å². The first kappa shape index (κ1) is 26.3. The van der Waals surface area contributed by atoms with Crippen LogP contribution in [0.15, 0.2) is 24.3 Å². The largest absolute Gasteiger partial charge is 0.478 e. The third kappa shape index (κ3) is 42.7. The minimum atomic E-state index is -1.26. The van der Waals surface area contributed by atoms with Crippen LogP contribution in [-0.4, -0.2) is 44.3 Å². The molecule has 138 valence electrons. The lowest BCUT2D eigenvalue weighted by Crippen LogP contribution is -1.91. The Morgan fingerprint density at radius 2 is 0.750 bits per heavy atom. The Kier molecular flexibility index (Phi) is 22.3. The summed E-state index contributed by atoms with van der Waals surface area (Å²) in [6.07, 6.45) is 10.7. The average Bonchev–Trinajstić information content (AvgIpc) is 2.49. The van der Waals surface area contributed by atoms with Crippen molar-refractivity contribution in [2.75, 3.05) is 0 Å². The Balaban J connectivity index is -0.000000276. The van der Waals surface area contributed by atoms with Crippen LogP contribution in [0.5, 0.6) is 0 Å². The first-order valence-electron chi connectivity index (χ1n) is 7.45. The maximum absolute atomic E-state index is 9.55. The normalized spacial score (nSPS) is 9.58. The van der Waals surface area contributed by atoms with Gasteiger partial charge in [0.15, 0.2) is 0 Å². The summed E-state index contributed by atoms with van der Waals surface area (Å²) in [5.74, 6) is -5.03. The lowest BCUT2D eigenvalue weighted by molar-refractivity contribution is -0.134. The van der Waals surface area contributed by atoms with E-state index in [0.717, 1.165) is 0 Å². The first-order chi connectivity index (χ1) is 11.2. The van der Waals surface area contributed by atoms with E-state index in [1.54, 1.807) is 0 Å². The Morgan fingerprint density at radius 3 is 0.875 bits per heavy atom. The highest BCUT2D eigenvalue weighted by Crippen LogP contribution is 2.03. The Bertz CT molecular complexity index is 352. The molecule has 0 aromatic rings. The molecule has 0 aliphatic heterocycles. The fourth-order valence-corrected chi connectivity index (χ4v) is 1.14. The monoisotopic (exact) mass is 346 g/mol. The molecular weight excluding hydrogens is 320 g/mol. The van der Waals surface area contributed by atoms with Crippen molar-refractivity contribution in [1.29, 1.82) is 0 Å². The zero-order valence-electron chi connectivity index (χ0n) is 14.0. The van der Waals surface area contributed by atoms with Crippen molar-refractivity contribution in [1.82, 2.24) is 0 Å². The predicted molar refractivity (Wildman–Crippen MR) is 87.9 cm³/mol. The lowest BCUT2D eigenvalue weighted by atomic mass is 10.1. The minimum absolute atomic E-state index is 0.558. The molecule has 0 heterocycles. The van der Waals surface area contributed by atoms with Gasteiger partial charge in [-0.15, -0.1) is 0 Å². The van der Waals surface area contributed by atoms with Gasteiger partial charge in [-0.2, -0.15) is 0 Å². The van der Waals surface area contributed by atoms with Gasteiger partial charge in [0.2, 0.25) is 0 Å². The van der Waals surface area contributed by atoms with Crippen LogP contribution in [-0.2, 0) is 19.2 Å². The smallest absolute Gasteiger partial charge is 0.328 e. The van der Waals surface area contributed by atoms with Crippen molar-refractivity contribution in [2.45, 2.75) is 52.4 Å². The van der Waals surface area contributed by atoms with Gasteiger partial charge in [0.05, 0.1) is 0 Å². The Morgan fingerprint density at radius 1 is 0.542 bits per heavy atom. The molecule has 0 aromatic heterocycles. The van der Waals surface area contributed by atoms with Gasteiger partial charge >= 0.3 is 23.9 Å². The maximum Gasteiger partial charge on any atom is 0.328 e. The van der Waals surface area contributed by atoms with E-state index in [-0.39, 0.29) is 0 Å². The van der Waals surface area contributed by atoms with E-state index in [2.05, 4.69) is 13.8 Å². The fraction of sp³-hybridized carbons (Fsp3) is 0.500. The highest BCUT2D eigenvalue weighted by atomic mass is 16.4. The standard InChI is InChI=1S/C8H18.2C4H4O4/c1-3-5-7-8-6-4-2;2*5-3(6)1-2-4(7)8/h3-8H2,1-2H3;2*1-2H,(H,5,6)(H,7,8)/b;2*2-1+. The number of carboxylic acids is 4. The van der Waals surface area contributed by atoms with Crippen LogP contribution in [0.1, 0.15) is 52.4 Å². The molecule has 0 aliphatic rings. The molecule has 0 radical (unpaired) electrons. The summed E-state index contributed by atoms with van der Waals surface area (Å²) < 4.78 is 0. The Labute approximate surface area is 141 Å². The molecule has 0 saturated heterocycles. The molecule has 0 aromatic carbocycles. The highest BCUT2D eigenvalue weighted by molar-refractivity contribution is 5.90. The van der Waals surface area contributed by atoms with E-state index in [1.807, 2.05) is 0 Å². The van der Waals surface area contributed by atoms with Crippen LogP contribution in [0.2, 0.25) is 0 Å². The summed E-state index contributed by atoms with van der Waals surface area (Å²) in [5.41, 5.74) is 0. The molecule has 0 unspecified atom stereocenters. The second-order valence-corrected chi connectivity index (χ2v) is 4.43. The van der Waals surface area contributed by atoms with E-state index in [4.69, 9.17) is 20.4 Å². The van der Waals surface area contributed by atoms with E-state index in [0.29, 0.717) is 24.3 Å². The van der Waals surface area contributed by atoms with Gasteiger partial charge < -0.3 is 20.4 Å². The molecule has 0 atom stereocenters. The quantitative estimate of drug-likeness (QED) is 0.368. The molecule has 0 bridgehead atoms. The van der Waals surface area contributed by atoms with Gasteiger partial charge in [-0.1, -0.05) is 52.4 Å². The zero-order chi connectivity index (χ0) is 19.4. The summed E-state index contributed by atoms with van der Waals surface area (Å²) in [5, 5.41) is 31.2. The minimum Gasteiger partial charge on any atom is -0.478 e. The van der Waals surface area contributed by atoms with E-state index < -0.39 is 23.9 Å². The second-order valence-electron chi connectivity index (χ2n) is 4.43. The van der Waals surface area contributed by atoms with Crippen molar-refractivity contribution < 1.29 is 39.6 Å². The van der Waals surface area contributed by atoms with Crippen LogP contribution in [0.4, 0.5) is 0 Å². The highest BCUT2D eigenvalue weighted by Gasteiger charge is 1.88. The number of rotatable bonds is 9. The molecule has 8 heteroatoms. The van der Waals surface area contributed by atoms with Gasteiger partial charge in [-0.3, -0.25) is 0 Å². The van der Waals surface area contributed by atoms with Crippen LogP contribution in [0.25, 0.3) is 0 Å². The third-order valence-corrected chi connectivity index (χ3v) is 2.19. The predicted octanol–water partition coefficient (Wildman–Crippen LogP) is 2.79. The van der Waals surface area contributed by atoms with E-state index in [9.17, 15) is 19.2 Å². The van der Waals surface area contributed by atoms with Crippen LogP contribution in [0, 0.1) is 0 Å². The Hall–Kier alpha value is -2.64. The lowest BCUT2D eigenvalue weighted by Gasteiger charge is -1.93. The van der Waals surface area contributed by atoms with Crippen LogP contribution in [0.3, 0.4) is 0 Å². The molecule has 0 saturated carbocycles. The topological polar surface area (TPSA) is 149 Å². The maximum atomic E-state index is 9.55. The molecule has 0 aliphatic carbocycles. The summed E-state index contributed by atoms with van der Waals surface area (Å²) in [4.78, 5) is 38.2. The molecular formula is C16H26O8. The number of aliphatic carboxylic acids is 4. The van der Waals surface area contributed by atoms with E-state index in [1.165, 1.54) is 38.5 Å². The number of unbranched alkanes of at least 4 members (excludes halogenated alkanes) is 5. The number of carbonyl (C=O) groups is 4. The molecule has 0 rings (SSSR count). The van der Waals surface area contributed by atoms with E-state index >= 15 is 0 Å². The third-order valence-electron chi connectivity index (χ3n) is 2.19. The van der Waals surface area contributed by atoms with Gasteiger partial charge in [-0.05, 0) is 0 Å². The van der Waals surface area contributed by atoms with Gasteiger partial charge in [0, 0.05) is 24.3 Å². The molecule has 8 nitrogen and oxygen atoms in total. The summed E-state index contributed by atoms with van der Waals surface area (Å²) >= 11 is 0. The molecule has 0 fully saturated rings. The molecule has 4 N–H and O–H groups in total. The van der Waals surface area contributed by atoms with Crippen molar-refractivity contribution in [3.05, 3.63) is 24.3 Å². The number of carboxylic acid groups (broad SMARTS) is 4. The fourth-order valence-electron chi connectivity index (χ4n) is 1.14. The number of hydrogen-bond acceptors (Lipinski definition) is 4. The molecule has 24 heavy (non-hydrogen) atoms. The molecule has 0 amide bonds. The molecule has 0 spiro atoms. The summed E-state index contributed by atoms with van der Waals surface area (Å²) in [7, 11) is 0. The summed E-state index contributed by atoms with van der Waals surface area (Å²) in [6.45, 7) is 4.51. The zero-order valence-corrected chi connectivity index (χ0v) is 14.0. The average molecular weight is 346 g/mol. The van der Waals surface area contributed by atoms with Gasteiger partial charge in [-0.25, -0.2) is 19.2 Å². The SMILES string of the molecule is CCCCCCCC.O=C(O)/C=C/C(=O)O.O=C(O)/C=C/C(=O)O. The van der Waals surface area contributed by atoms with Crippen molar-refractivity contribution in [3.63, 3.8) is 0 Å². The van der Waals surface area contributed by atoms with Crippen molar-refractivity contribution >= 4 is 23.9 Å². The second kappa shape index (κ2) is 20.4. The first-order valence-corrected chi connectivity index (χ1v) is 7.45. The number of hydrogen-bond donors (Lipinski definition) is 4. The van der Waals surface area contributed by atoms with Gasteiger partial charge in [0.1, 0.15) is 0 Å². The van der Waals surface area contributed by atoms with Crippen LogP contribution >= 0.6 is 0 Å². The van der Waals surface area contributed by atoms with Crippen molar-refractivity contribution in [3.8, 4) is 0 Å².